The summed E-state index contributed by atoms with van der Waals surface area (Å²) in [5, 5.41) is 15.2. The first-order valence-electron chi connectivity index (χ1n) is 8.46. The number of aryl methyl sites for hydroxylation is 1. The van der Waals surface area contributed by atoms with Crippen molar-refractivity contribution < 1.29 is 18.0 Å². The average molecular weight is 438 g/mol. The summed E-state index contributed by atoms with van der Waals surface area (Å²) in [5.41, 5.74) is 0.629. The standard InChI is InChI=1S/C18H15ClF3N7O/c1-9-3-4-13(14(5-9)25-10(2)30)27-16-12(18(20,21)22)8-23-17(28-16)26-11-6-15(19)29-24-7-11/h3-8H,1-2H3,(H,25,30)(H2,23,26,27,28,29). The lowest BCUT2D eigenvalue weighted by atomic mass is 10.1. The van der Waals surface area contributed by atoms with Crippen LogP contribution in [-0.2, 0) is 11.0 Å². The Hall–Kier alpha value is -3.47. The number of carbonyl (C=O) groups excluding carboxylic acids is 1. The summed E-state index contributed by atoms with van der Waals surface area (Å²) in [6, 6.07) is 6.27. The van der Waals surface area contributed by atoms with Crippen molar-refractivity contribution in [2.45, 2.75) is 20.0 Å². The van der Waals surface area contributed by atoms with Crippen molar-refractivity contribution >= 4 is 46.3 Å². The highest BCUT2D eigenvalue weighted by Gasteiger charge is 2.35. The van der Waals surface area contributed by atoms with Gasteiger partial charge in [-0.15, -0.1) is 5.10 Å². The molecule has 1 aromatic carbocycles. The number of hydrogen-bond acceptors (Lipinski definition) is 7. The molecule has 3 aromatic rings. The van der Waals surface area contributed by atoms with Gasteiger partial charge in [0.15, 0.2) is 5.15 Å². The minimum absolute atomic E-state index is 0.0878. The second-order valence-electron chi connectivity index (χ2n) is 6.20. The smallest absolute Gasteiger partial charge is 0.338 e. The van der Waals surface area contributed by atoms with Gasteiger partial charge in [0.25, 0.3) is 0 Å². The third kappa shape index (κ3) is 5.32. The third-order valence-corrected chi connectivity index (χ3v) is 3.90. The maximum absolute atomic E-state index is 13.5. The van der Waals surface area contributed by atoms with Crippen LogP contribution in [0.5, 0.6) is 0 Å². The van der Waals surface area contributed by atoms with Crippen LogP contribution >= 0.6 is 11.6 Å². The Balaban J connectivity index is 2.01. The van der Waals surface area contributed by atoms with Crippen molar-refractivity contribution in [1.82, 2.24) is 20.2 Å². The van der Waals surface area contributed by atoms with E-state index in [1.54, 1.807) is 25.1 Å². The number of rotatable bonds is 5. The minimum atomic E-state index is -4.71. The molecule has 0 saturated carbocycles. The molecule has 30 heavy (non-hydrogen) atoms. The maximum atomic E-state index is 13.5. The number of aromatic nitrogens is 4. The third-order valence-electron chi connectivity index (χ3n) is 3.71. The number of benzene rings is 1. The minimum Gasteiger partial charge on any atom is -0.338 e. The zero-order chi connectivity index (χ0) is 21.9. The monoisotopic (exact) mass is 437 g/mol. The van der Waals surface area contributed by atoms with E-state index in [1.165, 1.54) is 19.2 Å². The van der Waals surface area contributed by atoms with Crippen LogP contribution in [0.25, 0.3) is 0 Å². The van der Waals surface area contributed by atoms with Crippen LogP contribution in [0.15, 0.2) is 36.7 Å². The zero-order valence-corrected chi connectivity index (χ0v) is 16.4. The Morgan fingerprint density at radius 1 is 1.10 bits per heavy atom. The van der Waals surface area contributed by atoms with Crippen LogP contribution in [-0.4, -0.2) is 26.1 Å². The fraction of sp³-hybridized carbons (Fsp3) is 0.167. The molecule has 1 amide bonds. The van der Waals surface area contributed by atoms with E-state index in [9.17, 15) is 18.0 Å². The summed E-state index contributed by atoms with van der Waals surface area (Å²) in [6.07, 6.45) is -2.74. The van der Waals surface area contributed by atoms with E-state index in [0.717, 1.165) is 5.56 Å². The summed E-state index contributed by atoms with van der Waals surface area (Å²) in [6.45, 7) is 3.09. The number of nitrogens with one attached hydrogen (secondary N) is 3. The van der Waals surface area contributed by atoms with Crippen LogP contribution in [0.4, 0.5) is 42.0 Å². The second-order valence-corrected chi connectivity index (χ2v) is 6.59. The quantitative estimate of drug-likeness (QED) is 0.531. The molecule has 0 radical (unpaired) electrons. The topological polar surface area (TPSA) is 105 Å². The highest BCUT2D eigenvalue weighted by atomic mass is 35.5. The molecule has 0 aliphatic rings. The van der Waals surface area contributed by atoms with Gasteiger partial charge in [-0.3, -0.25) is 4.79 Å². The number of nitrogens with zero attached hydrogens (tertiary/aromatic N) is 4. The molecule has 0 aliphatic carbocycles. The number of hydrogen-bond donors (Lipinski definition) is 3. The van der Waals surface area contributed by atoms with Gasteiger partial charge in [0, 0.05) is 19.2 Å². The molecular weight excluding hydrogens is 423 g/mol. The molecular formula is C18H15ClF3N7O. The lowest BCUT2D eigenvalue weighted by molar-refractivity contribution is -0.137. The van der Waals surface area contributed by atoms with Crippen molar-refractivity contribution in [2.24, 2.45) is 0 Å². The lowest BCUT2D eigenvalue weighted by Crippen LogP contribution is -2.14. The van der Waals surface area contributed by atoms with E-state index >= 15 is 0 Å². The fourth-order valence-electron chi connectivity index (χ4n) is 2.47. The van der Waals surface area contributed by atoms with Gasteiger partial charge in [-0.2, -0.15) is 23.3 Å². The highest BCUT2D eigenvalue weighted by Crippen LogP contribution is 2.36. The first kappa shape index (κ1) is 21.2. The lowest BCUT2D eigenvalue weighted by Gasteiger charge is -2.17. The fourth-order valence-corrected chi connectivity index (χ4v) is 2.63. The number of carbonyl (C=O) groups is 1. The highest BCUT2D eigenvalue weighted by molar-refractivity contribution is 6.29. The van der Waals surface area contributed by atoms with Gasteiger partial charge in [-0.1, -0.05) is 17.7 Å². The van der Waals surface area contributed by atoms with Gasteiger partial charge in [-0.25, -0.2) is 4.98 Å². The van der Waals surface area contributed by atoms with Crippen molar-refractivity contribution in [3.63, 3.8) is 0 Å². The molecule has 2 aromatic heterocycles. The normalized spacial score (nSPS) is 11.1. The number of anilines is 5. The molecule has 0 spiro atoms. The Kier molecular flexibility index (Phi) is 6.01. The summed E-state index contributed by atoms with van der Waals surface area (Å²) >= 11 is 5.76. The predicted octanol–water partition coefficient (Wildman–Crippen LogP) is 4.69. The molecule has 0 saturated heterocycles. The molecule has 0 aliphatic heterocycles. The Labute approximate surface area is 173 Å². The summed E-state index contributed by atoms with van der Waals surface area (Å²) < 4.78 is 40.5. The van der Waals surface area contributed by atoms with Crippen LogP contribution in [0.1, 0.15) is 18.1 Å². The Bertz CT molecular complexity index is 1090. The van der Waals surface area contributed by atoms with Crippen molar-refractivity contribution in [3.8, 4) is 0 Å². The van der Waals surface area contributed by atoms with E-state index < -0.39 is 17.6 Å². The molecule has 0 atom stereocenters. The van der Waals surface area contributed by atoms with E-state index in [0.29, 0.717) is 17.6 Å². The largest absolute Gasteiger partial charge is 0.421 e. The van der Waals surface area contributed by atoms with Gasteiger partial charge in [0.2, 0.25) is 11.9 Å². The molecule has 0 fully saturated rings. The zero-order valence-electron chi connectivity index (χ0n) is 15.7. The van der Waals surface area contributed by atoms with Crippen molar-refractivity contribution in [2.75, 3.05) is 16.0 Å². The Morgan fingerprint density at radius 3 is 2.53 bits per heavy atom. The molecule has 0 unspecified atom stereocenters. The molecule has 3 N–H and O–H groups in total. The van der Waals surface area contributed by atoms with Crippen LogP contribution in [0, 0.1) is 6.92 Å². The molecule has 8 nitrogen and oxygen atoms in total. The summed E-state index contributed by atoms with van der Waals surface area (Å²) in [7, 11) is 0. The number of alkyl halides is 3. The number of halogens is 4. The number of amides is 1. The first-order valence-corrected chi connectivity index (χ1v) is 8.84. The molecule has 0 bridgehead atoms. The SMILES string of the molecule is CC(=O)Nc1cc(C)ccc1Nc1nc(Nc2cnnc(Cl)c2)ncc1C(F)(F)F. The van der Waals surface area contributed by atoms with E-state index in [4.69, 9.17) is 11.6 Å². The van der Waals surface area contributed by atoms with Crippen molar-refractivity contribution in [1.29, 1.82) is 0 Å². The van der Waals surface area contributed by atoms with Gasteiger partial charge in [0.1, 0.15) is 11.4 Å². The van der Waals surface area contributed by atoms with E-state index in [1.807, 2.05) is 0 Å². The van der Waals surface area contributed by atoms with Crippen LogP contribution < -0.4 is 16.0 Å². The van der Waals surface area contributed by atoms with E-state index in [2.05, 4.69) is 36.1 Å². The Morgan fingerprint density at radius 2 is 1.87 bits per heavy atom. The van der Waals surface area contributed by atoms with Crippen molar-refractivity contribution in [3.05, 3.63) is 52.9 Å². The van der Waals surface area contributed by atoms with Gasteiger partial charge >= 0.3 is 6.18 Å². The molecule has 2 heterocycles. The molecule has 3 rings (SSSR count). The summed E-state index contributed by atoms with van der Waals surface area (Å²) in [4.78, 5) is 19.1. The maximum Gasteiger partial charge on any atom is 0.421 e. The predicted molar refractivity (Wildman–Crippen MR) is 106 cm³/mol. The van der Waals surface area contributed by atoms with Gasteiger partial charge in [-0.05, 0) is 24.6 Å². The second kappa shape index (κ2) is 8.49. The van der Waals surface area contributed by atoms with E-state index in [-0.39, 0.29) is 22.7 Å². The van der Waals surface area contributed by atoms with Gasteiger partial charge < -0.3 is 16.0 Å². The first-order chi connectivity index (χ1) is 14.1. The molecule has 156 valence electrons. The van der Waals surface area contributed by atoms with Crippen LogP contribution in [0.3, 0.4) is 0 Å². The van der Waals surface area contributed by atoms with Gasteiger partial charge in [0.05, 0.1) is 23.3 Å². The van der Waals surface area contributed by atoms with Crippen LogP contribution in [0.2, 0.25) is 5.15 Å². The average Bonchev–Trinajstić information content (AvgIpc) is 2.63. The molecule has 12 heteroatoms. The summed E-state index contributed by atoms with van der Waals surface area (Å²) in [5.74, 6) is -0.988.